The average Bonchev–Trinajstić information content (AvgIpc) is 2.29. The van der Waals surface area contributed by atoms with Crippen LogP contribution in [0, 0.1) is 19.3 Å². The van der Waals surface area contributed by atoms with Gasteiger partial charge >= 0.3 is 5.97 Å². The van der Waals surface area contributed by atoms with Crippen molar-refractivity contribution in [2.45, 2.75) is 34.2 Å². The first kappa shape index (κ1) is 10.7. The number of aryl methyl sites for hydroxylation is 2. The minimum absolute atomic E-state index is 0.342. The standard InChI is InChI=1S/C9H15N3O2/c1-6-10-7(2)12(11-6)5-9(3,4)8(13)14/h5H2,1-4H3,(H,13,14). The highest BCUT2D eigenvalue weighted by Crippen LogP contribution is 2.18. The zero-order valence-electron chi connectivity index (χ0n) is 8.90. The minimum atomic E-state index is -0.829. The largest absolute Gasteiger partial charge is 0.481 e. The predicted molar refractivity (Wildman–Crippen MR) is 50.9 cm³/mol. The molecule has 0 unspecified atom stereocenters. The number of hydrogen-bond donors (Lipinski definition) is 1. The average molecular weight is 197 g/mol. The van der Waals surface area contributed by atoms with Crippen molar-refractivity contribution in [3.8, 4) is 0 Å². The Hall–Kier alpha value is -1.39. The summed E-state index contributed by atoms with van der Waals surface area (Å²) < 4.78 is 1.63. The third-order valence-electron chi connectivity index (χ3n) is 2.09. The molecular formula is C9H15N3O2. The van der Waals surface area contributed by atoms with Crippen molar-refractivity contribution in [1.29, 1.82) is 0 Å². The Morgan fingerprint density at radius 3 is 2.43 bits per heavy atom. The van der Waals surface area contributed by atoms with Crippen LogP contribution in [-0.4, -0.2) is 25.8 Å². The topological polar surface area (TPSA) is 68.0 Å². The van der Waals surface area contributed by atoms with Gasteiger partial charge in [-0.3, -0.25) is 4.79 Å². The first-order valence-corrected chi connectivity index (χ1v) is 4.44. The van der Waals surface area contributed by atoms with E-state index in [4.69, 9.17) is 5.11 Å². The van der Waals surface area contributed by atoms with E-state index in [0.29, 0.717) is 12.4 Å². The van der Waals surface area contributed by atoms with E-state index >= 15 is 0 Å². The Balaban J connectivity index is 2.88. The predicted octanol–water partition coefficient (Wildman–Crippen LogP) is 1.01. The van der Waals surface area contributed by atoms with E-state index in [2.05, 4.69) is 10.1 Å². The molecule has 1 N–H and O–H groups in total. The van der Waals surface area contributed by atoms with E-state index in [-0.39, 0.29) is 0 Å². The van der Waals surface area contributed by atoms with Crippen LogP contribution in [0.1, 0.15) is 25.5 Å². The van der Waals surface area contributed by atoms with Gasteiger partial charge in [-0.15, -0.1) is 0 Å². The highest BCUT2D eigenvalue weighted by Gasteiger charge is 2.28. The van der Waals surface area contributed by atoms with Crippen molar-refractivity contribution >= 4 is 5.97 Å². The summed E-state index contributed by atoms with van der Waals surface area (Å²) in [6, 6.07) is 0. The van der Waals surface area contributed by atoms with Crippen LogP contribution in [-0.2, 0) is 11.3 Å². The Kier molecular flexibility index (Phi) is 2.59. The van der Waals surface area contributed by atoms with Crippen molar-refractivity contribution in [2.24, 2.45) is 5.41 Å². The van der Waals surface area contributed by atoms with Gasteiger partial charge in [0.1, 0.15) is 11.6 Å². The van der Waals surface area contributed by atoms with Gasteiger partial charge in [-0.1, -0.05) is 0 Å². The molecule has 5 nitrogen and oxygen atoms in total. The van der Waals surface area contributed by atoms with Crippen LogP contribution in [0.2, 0.25) is 0 Å². The van der Waals surface area contributed by atoms with Gasteiger partial charge in [0.25, 0.3) is 0 Å². The lowest BCUT2D eigenvalue weighted by atomic mass is 9.94. The molecule has 78 valence electrons. The van der Waals surface area contributed by atoms with E-state index in [9.17, 15) is 4.79 Å². The number of aromatic nitrogens is 3. The second-order valence-corrected chi connectivity index (χ2v) is 4.05. The summed E-state index contributed by atoms with van der Waals surface area (Å²) >= 11 is 0. The van der Waals surface area contributed by atoms with Gasteiger partial charge in [0.05, 0.1) is 12.0 Å². The molecule has 0 atom stereocenters. The Morgan fingerprint density at radius 2 is 2.07 bits per heavy atom. The van der Waals surface area contributed by atoms with Crippen LogP contribution in [0.15, 0.2) is 0 Å². The van der Waals surface area contributed by atoms with Gasteiger partial charge in [0.15, 0.2) is 0 Å². The fourth-order valence-corrected chi connectivity index (χ4v) is 1.15. The number of hydrogen-bond acceptors (Lipinski definition) is 3. The van der Waals surface area contributed by atoms with Gasteiger partial charge in [0, 0.05) is 0 Å². The van der Waals surface area contributed by atoms with E-state index in [1.54, 1.807) is 25.5 Å². The summed E-state index contributed by atoms with van der Waals surface area (Å²) in [5, 5.41) is 13.1. The molecule has 0 bridgehead atoms. The molecule has 0 amide bonds. The smallest absolute Gasteiger partial charge is 0.310 e. The van der Waals surface area contributed by atoms with Gasteiger partial charge in [-0.05, 0) is 27.7 Å². The second kappa shape index (κ2) is 3.40. The molecule has 0 aliphatic rings. The molecule has 5 heteroatoms. The van der Waals surface area contributed by atoms with Gasteiger partial charge in [0.2, 0.25) is 0 Å². The minimum Gasteiger partial charge on any atom is -0.481 e. The van der Waals surface area contributed by atoms with Crippen LogP contribution in [0.5, 0.6) is 0 Å². The molecule has 1 rings (SSSR count). The molecule has 1 aromatic rings. The maximum Gasteiger partial charge on any atom is 0.310 e. The summed E-state index contributed by atoms with van der Waals surface area (Å²) in [5.41, 5.74) is -0.815. The lowest BCUT2D eigenvalue weighted by Crippen LogP contribution is -2.30. The van der Waals surface area contributed by atoms with Crippen LogP contribution < -0.4 is 0 Å². The van der Waals surface area contributed by atoms with Crippen molar-refractivity contribution in [1.82, 2.24) is 14.8 Å². The number of aliphatic carboxylic acids is 1. The quantitative estimate of drug-likeness (QED) is 0.785. The molecule has 0 aromatic carbocycles. The van der Waals surface area contributed by atoms with Crippen LogP contribution in [0.3, 0.4) is 0 Å². The lowest BCUT2D eigenvalue weighted by Gasteiger charge is -2.18. The molecule has 14 heavy (non-hydrogen) atoms. The molecular weight excluding hydrogens is 182 g/mol. The van der Waals surface area contributed by atoms with Gasteiger partial charge in [-0.25, -0.2) is 9.67 Å². The Bertz CT molecular complexity index is 355. The maximum atomic E-state index is 10.9. The van der Waals surface area contributed by atoms with E-state index in [1.807, 2.05) is 6.92 Å². The monoisotopic (exact) mass is 197 g/mol. The lowest BCUT2D eigenvalue weighted by molar-refractivity contribution is -0.147. The highest BCUT2D eigenvalue weighted by molar-refractivity contribution is 5.73. The fraction of sp³-hybridized carbons (Fsp3) is 0.667. The molecule has 0 fully saturated rings. The summed E-state index contributed by atoms with van der Waals surface area (Å²) in [5.74, 6) is 0.588. The first-order chi connectivity index (χ1) is 6.33. The van der Waals surface area contributed by atoms with E-state index < -0.39 is 11.4 Å². The fourth-order valence-electron chi connectivity index (χ4n) is 1.15. The number of rotatable bonds is 3. The molecule has 0 spiro atoms. The molecule has 1 heterocycles. The van der Waals surface area contributed by atoms with Crippen LogP contribution in [0.4, 0.5) is 0 Å². The zero-order chi connectivity index (χ0) is 10.9. The normalized spacial score (nSPS) is 11.7. The molecule has 0 radical (unpaired) electrons. The number of carbonyl (C=O) groups is 1. The van der Waals surface area contributed by atoms with Crippen molar-refractivity contribution in [3.63, 3.8) is 0 Å². The SMILES string of the molecule is Cc1nc(C)n(CC(C)(C)C(=O)O)n1. The summed E-state index contributed by atoms with van der Waals surface area (Å²) in [6.45, 7) is 7.29. The highest BCUT2D eigenvalue weighted by atomic mass is 16.4. The number of carboxylic acid groups (broad SMARTS) is 1. The van der Waals surface area contributed by atoms with Crippen LogP contribution >= 0.6 is 0 Å². The molecule has 0 saturated carbocycles. The Morgan fingerprint density at radius 1 is 1.50 bits per heavy atom. The summed E-state index contributed by atoms with van der Waals surface area (Å²) in [7, 11) is 0. The summed E-state index contributed by atoms with van der Waals surface area (Å²) in [4.78, 5) is 15.0. The third kappa shape index (κ3) is 2.10. The molecule has 0 saturated heterocycles. The number of nitrogens with zero attached hydrogens (tertiary/aromatic N) is 3. The van der Waals surface area contributed by atoms with E-state index in [0.717, 1.165) is 5.82 Å². The maximum absolute atomic E-state index is 10.9. The Labute approximate surface area is 82.8 Å². The molecule has 0 aliphatic carbocycles. The van der Waals surface area contributed by atoms with Crippen molar-refractivity contribution in [3.05, 3.63) is 11.6 Å². The second-order valence-electron chi connectivity index (χ2n) is 4.05. The summed E-state index contributed by atoms with van der Waals surface area (Å²) in [6.07, 6.45) is 0. The van der Waals surface area contributed by atoms with Crippen molar-refractivity contribution in [2.75, 3.05) is 0 Å². The molecule has 0 aliphatic heterocycles. The van der Waals surface area contributed by atoms with Gasteiger partial charge < -0.3 is 5.11 Å². The van der Waals surface area contributed by atoms with Gasteiger partial charge in [-0.2, -0.15) is 5.10 Å². The van der Waals surface area contributed by atoms with E-state index in [1.165, 1.54) is 0 Å². The third-order valence-corrected chi connectivity index (χ3v) is 2.09. The van der Waals surface area contributed by atoms with Crippen molar-refractivity contribution < 1.29 is 9.90 Å². The zero-order valence-corrected chi connectivity index (χ0v) is 8.90. The number of carboxylic acids is 1. The molecule has 1 aromatic heterocycles. The first-order valence-electron chi connectivity index (χ1n) is 4.44. The van der Waals surface area contributed by atoms with Crippen LogP contribution in [0.25, 0.3) is 0 Å².